The van der Waals surface area contributed by atoms with Gasteiger partial charge in [0.1, 0.15) is 17.2 Å². The summed E-state index contributed by atoms with van der Waals surface area (Å²) in [7, 11) is 1.88. The van der Waals surface area contributed by atoms with Crippen LogP contribution in [0.3, 0.4) is 0 Å². The van der Waals surface area contributed by atoms with Gasteiger partial charge in [-0.05, 0) is 44.2 Å². The number of aromatic carboxylic acids is 1. The third-order valence-electron chi connectivity index (χ3n) is 7.01. The first kappa shape index (κ1) is 36.5. The lowest BCUT2D eigenvalue weighted by molar-refractivity contribution is -0.159. The number of ether oxygens (including phenoxy) is 1. The zero-order valence-corrected chi connectivity index (χ0v) is 26.5. The molecule has 0 spiro atoms. The number of carboxylic acid groups (broad SMARTS) is 1. The molecular weight excluding hydrogens is 548 g/mol. The Morgan fingerprint density at radius 2 is 1.78 bits per heavy atom. The number of aliphatic hydroxyl groups is 1. The number of aliphatic hydroxyl groups excluding tert-OH is 1. The van der Waals surface area contributed by atoms with Crippen LogP contribution >= 0.6 is 11.3 Å². The van der Waals surface area contributed by atoms with E-state index in [1.54, 1.807) is 0 Å². The number of hydrogen-bond donors (Lipinski definition) is 4. The maximum atomic E-state index is 14.1. The van der Waals surface area contributed by atoms with Gasteiger partial charge in [-0.1, -0.05) is 54.4 Å². The fourth-order valence-corrected chi connectivity index (χ4v) is 5.15. The molecule has 0 fully saturated rings. The predicted octanol–water partition coefficient (Wildman–Crippen LogP) is 3.98. The van der Waals surface area contributed by atoms with Crippen molar-refractivity contribution in [1.82, 2.24) is 20.5 Å². The molecule has 1 aromatic heterocycles. The standard InChI is InChI=1S/C29H50N4O7S/c1-8-20(6)26(32-24(35)12-10-9-11-13-30-7)28(37)33(17-40-25(36)14-18(2)3)22(19(4)5)15-23(34)27-31-21(16-41-27)29(38)39/h16,18-20,22-23,26,30,34H,8-15,17H2,1-7H3,(H,32,35)(H,38,39)/t20-,22+,23+,26-/m0/s1. The minimum Gasteiger partial charge on any atom is -0.476 e. The van der Waals surface area contributed by atoms with E-state index in [4.69, 9.17) is 4.74 Å². The number of esters is 1. The SMILES string of the molecule is CC[C@H](C)[C@H](NC(=O)CCCCCNC)C(=O)N(COC(=O)CC(C)C)[C@H](C[C@@H](O)c1nc(C(=O)O)cs1)C(C)C. The van der Waals surface area contributed by atoms with Gasteiger partial charge < -0.3 is 30.5 Å². The van der Waals surface area contributed by atoms with Crippen LogP contribution in [0.25, 0.3) is 0 Å². The molecule has 0 saturated heterocycles. The molecule has 2 amide bonds. The fraction of sp³-hybridized carbons (Fsp3) is 0.759. The van der Waals surface area contributed by atoms with Gasteiger partial charge in [0.05, 0.1) is 0 Å². The highest BCUT2D eigenvalue weighted by molar-refractivity contribution is 7.09. The Bertz CT molecular complexity index is 969. The van der Waals surface area contributed by atoms with Crippen LogP contribution in [0.1, 0.15) is 108 Å². The maximum absolute atomic E-state index is 14.1. The smallest absolute Gasteiger partial charge is 0.355 e. The lowest BCUT2D eigenvalue weighted by Gasteiger charge is -2.38. The summed E-state index contributed by atoms with van der Waals surface area (Å²) in [6.07, 6.45) is 2.58. The van der Waals surface area contributed by atoms with Gasteiger partial charge in [-0.3, -0.25) is 14.4 Å². The highest BCUT2D eigenvalue weighted by Gasteiger charge is 2.37. The first-order valence-corrected chi connectivity index (χ1v) is 15.5. The molecule has 0 aliphatic rings. The molecule has 234 valence electrons. The Morgan fingerprint density at radius 1 is 1.10 bits per heavy atom. The summed E-state index contributed by atoms with van der Waals surface area (Å²) < 4.78 is 5.54. The number of hydrogen-bond acceptors (Lipinski definition) is 9. The van der Waals surface area contributed by atoms with E-state index in [1.807, 2.05) is 48.6 Å². The molecule has 1 aromatic rings. The number of unbranched alkanes of at least 4 members (excludes halogenated alkanes) is 2. The summed E-state index contributed by atoms with van der Waals surface area (Å²) >= 11 is 1.03. The van der Waals surface area contributed by atoms with Gasteiger partial charge in [-0.15, -0.1) is 11.3 Å². The molecule has 1 heterocycles. The molecule has 0 bridgehead atoms. The van der Waals surface area contributed by atoms with Gasteiger partial charge in [0.2, 0.25) is 11.8 Å². The largest absolute Gasteiger partial charge is 0.476 e. The highest BCUT2D eigenvalue weighted by Crippen LogP contribution is 2.28. The third kappa shape index (κ3) is 12.9. The Kier molecular flexibility index (Phi) is 16.7. The topological polar surface area (TPSA) is 158 Å². The van der Waals surface area contributed by atoms with Gasteiger partial charge in [-0.2, -0.15) is 0 Å². The zero-order valence-electron chi connectivity index (χ0n) is 25.6. The van der Waals surface area contributed by atoms with Crippen LogP contribution in [0.15, 0.2) is 5.38 Å². The van der Waals surface area contributed by atoms with Crippen LogP contribution in [-0.2, 0) is 19.1 Å². The van der Waals surface area contributed by atoms with Crippen molar-refractivity contribution in [2.24, 2.45) is 17.8 Å². The first-order valence-electron chi connectivity index (χ1n) is 14.6. The second kappa shape index (κ2) is 18.8. The highest BCUT2D eigenvalue weighted by atomic mass is 32.1. The van der Waals surface area contributed by atoms with E-state index >= 15 is 0 Å². The average Bonchev–Trinajstić information content (AvgIpc) is 3.41. The van der Waals surface area contributed by atoms with E-state index in [1.165, 1.54) is 10.3 Å². The van der Waals surface area contributed by atoms with E-state index in [0.29, 0.717) is 19.3 Å². The summed E-state index contributed by atoms with van der Waals surface area (Å²) in [6, 6.07) is -1.43. The van der Waals surface area contributed by atoms with Crippen molar-refractivity contribution in [2.75, 3.05) is 20.3 Å². The minimum atomic E-state index is -1.19. The zero-order chi connectivity index (χ0) is 31.1. The minimum absolute atomic E-state index is 0.0460. The van der Waals surface area contributed by atoms with Crippen molar-refractivity contribution in [2.45, 2.75) is 105 Å². The van der Waals surface area contributed by atoms with Crippen LogP contribution in [0.2, 0.25) is 0 Å². The van der Waals surface area contributed by atoms with E-state index in [-0.39, 0.29) is 53.9 Å². The summed E-state index contributed by atoms with van der Waals surface area (Å²) in [6.45, 7) is 11.9. The first-order chi connectivity index (χ1) is 19.3. The Labute approximate surface area is 248 Å². The summed E-state index contributed by atoms with van der Waals surface area (Å²) in [5.41, 5.74) is -0.161. The van der Waals surface area contributed by atoms with Crippen molar-refractivity contribution in [3.05, 3.63) is 16.1 Å². The number of amides is 2. The Hall–Kier alpha value is -2.57. The molecule has 0 unspecified atom stereocenters. The number of carboxylic acids is 1. The summed E-state index contributed by atoms with van der Waals surface area (Å²) in [5.74, 6) is -2.54. The summed E-state index contributed by atoms with van der Waals surface area (Å²) in [5, 5.41) is 27.8. The van der Waals surface area contributed by atoms with Crippen molar-refractivity contribution in [3.8, 4) is 0 Å². The van der Waals surface area contributed by atoms with Crippen molar-refractivity contribution in [1.29, 1.82) is 0 Å². The van der Waals surface area contributed by atoms with E-state index in [2.05, 4.69) is 15.6 Å². The second-order valence-corrected chi connectivity index (χ2v) is 12.2. The van der Waals surface area contributed by atoms with Gasteiger partial charge >= 0.3 is 11.9 Å². The number of nitrogens with zero attached hydrogens (tertiary/aromatic N) is 2. The normalized spacial score (nSPS) is 14.4. The molecule has 4 N–H and O–H groups in total. The van der Waals surface area contributed by atoms with Gasteiger partial charge in [0.25, 0.3) is 0 Å². The molecule has 0 aromatic carbocycles. The quantitative estimate of drug-likeness (QED) is 0.0990. The van der Waals surface area contributed by atoms with Crippen LogP contribution < -0.4 is 10.6 Å². The third-order valence-corrected chi connectivity index (χ3v) is 7.96. The molecular formula is C29H50N4O7S. The van der Waals surface area contributed by atoms with Crippen molar-refractivity contribution < 1.29 is 34.1 Å². The molecule has 41 heavy (non-hydrogen) atoms. The van der Waals surface area contributed by atoms with Crippen LogP contribution in [-0.4, -0.2) is 76.3 Å². The van der Waals surface area contributed by atoms with Crippen molar-refractivity contribution in [3.63, 3.8) is 0 Å². The molecule has 0 radical (unpaired) electrons. The number of thiazole rings is 1. The van der Waals surface area contributed by atoms with Crippen molar-refractivity contribution >= 4 is 35.1 Å². The number of nitrogens with one attached hydrogen (secondary N) is 2. The van der Waals surface area contributed by atoms with E-state index in [0.717, 1.165) is 30.7 Å². The molecule has 0 aliphatic carbocycles. The Balaban J connectivity index is 3.24. The number of aromatic nitrogens is 1. The number of carbonyl (C=O) groups excluding carboxylic acids is 3. The van der Waals surface area contributed by atoms with Gasteiger partial charge in [0.15, 0.2) is 12.4 Å². The number of rotatable bonds is 20. The average molecular weight is 599 g/mol. The van der Waals surface area contributed by atoms with Gasteiger partial charge in [0, 0.05) is 30.7 Å². The molecule has 0 aliphatic heterocycles. The van der Waals surface area contributed by atoms with Crippen LogP contribution in [0.5, 0.6) is 0 Å². The molecule has 0 saturated carbocycles. The lowest BCUT2D eigenvalue weighted by atomic mass is 9.93. The maximum Gasteiger partial charge on any atom is 0.355 e. The fourth-order valence-electron chi connectivity index (χ4n) is 4.36. The molecule has 4 atom stereocenters. The molecule has 12 heteroatoms. The van der Waals surface area contributed by atoms with Crippen LogP contribution in [0.4, 0.5) is 0 Å². The Morgan fingerprint density at radius 3 is 2.32 bits per heavy atom. The molecule has 1 rings (SSSR count). The van der Waals surface area contributed by atoms with E-state index in [9.17, 15) is 29.4 Å². The number of carbonyl (C=O) groups is 4. The van der Waals surface area contributed by atoms with Gasteiger partial charge in [-0.25, -0.2) is 9.78 Å². The second-order valence-electron chi connectivity index (χ2n) is 11.3. The molecule has 11 nitrogen and oxygen atoms in total. The summed E-state index contributed by atoms with van der Waals surface area (Å²) in [4.78, 5) is 56.2. The van der Waals surface area contributed by atoms with Crippen LogP contribution in [0, 0.1) is 17.8 Å². The monoisotopic (exact) mass is 598 g/mol. The predicted molar refractivity (Wildman–Crippen MR) is 158 cm³/mol. The lowest BCUT2D eigenvalue weighted by Crippen LogP contribution is -2.56. The van der Waals surface area contributed by atoms with E-state index < -0.39 is 36.0 Å².